The Labute approximate surface area is 183 Å². The monoisotopic (exact) mass is 493 g/mol. The summed E-state index contributed by atoms with van der Waals surface area (Å²) in [6, 6.07) is 17.1. The highest BCUT2D eigenvalue weighted by atomic mass is 79.9. The third kappa shape index (κ3) is 4.47. The molecule has 0 unspecified atom stereocenters. The Hall–Kier alpha value is -2.35. The van der Waals surface area contributed by atoms with Gasteiger partial charge in [0, 0.05) is 10.0 Å². The standard InChI is InChI=1S/C21H17BrClNO4S/c1-14-3-10-18(11-4-14)29(26,27)24(17-9-12-20(28-2)19(23)13-17)21(25)15-5-7-16(22)8-6-15/h3-13H,1-2H3. The van der Waals surface area contributed by atoms with Gasteiger partial charge in [-0.1, -0.05) is 45.2 Å². The molecule has 0 fully saturated rings. The number of carbonyl (C=O) groups excluding carboxylic acids is 1. The summed E-state index contributed by atoms with van der Waals surface area (Å²) in [6.45, 7) is 1.85. The largest absolute Gasteiger partial charge is 0.495 e. The van der Waals surface area contributed by atoms with Gasteiger partial charge >= 0.3 is 0 Å². The number of rotatable bonds is 5. The molecule has 0 aliphatic carbocycles. The van der Waals surface area contributed by atoms with Crippen LogP contribution in [0.5, 0.6) is 5.75 Å². The number of hydrogen-bond donors (Lipinski definition) is 0. The van der Waals surface area contributed by atoms with Crippen LogP contribution >= 0.6 is 27.5 Å². The molecule has 0 aliphatic heterocycles. The van der Waals surface area contributed by atoms with Crippen molar-refractivity contribution >= 4 is 49.1 Å². The number of benzene rings is 3. The van der Waals surface area contributed by atoms with Crippen LogP contribution in [0.4, 0.5) is 5.69 Å². The van der Waals surface area contributed by atoms with Gasteiger partial charge in [-0.25, -0.2) is 8.42 Å². The number of hydrogen-bond acceptors (Lipinski definition) is 4. The highest BCUT2D eigenvalue weighted by Crippen LogP contribution is 2.33. The zero-order valence-electron chi connectivity index (χ0n) is 15.6. The summed E-state index contributed by atoms with van der Waals surface area (Å²) in [5, 5.41) is 0.192. The van der Waals surface area contributed by atoms with Crippen LogP contribution in [0.2, 0.25) is 5.02 Å². The summed E-state index contributed by atoms with van der Waals surface area (Å²) in [4.78, 5) is 13.3. The normalized spacial score (nSPS) is 11.2. The molecule has 0 heterocycles. The fourth-order valence-corrected chi connectivity index (χ4v) is 4.59. The van der Waals surface area contributed by atoms with Crippen LogP contribution < -0.4 is 9.04 Å². The minimum absolute atomic E-state index is 0.000465. The second kappa shape index (κ2) is 8.57. The molecule has 3 aromatic rings. The predicted molar refractivity (Wildman–Crippen MR) is 117 cm³/mol. The van der Waals surface area contributed by atoms with Crippen LogP contribution in [-0.2, 0) is 10.0 Å². The minimum atomic E-state index is -4.19. The molecule has 3 rings (SSSR count). The molecule has 0 spiro atoms. The first kappa shape index (κ1) is 21.4. The SMILES string of the molecule is COc1ccc(N(C(=O)c2ccc(Br)cc2)S(=O)(=O)c2ccc(C)cc2)cc1Cl. The highest BCUT2D eigenvalue weighted by Gasteiger charge is 2.32. The molecular formula is C21H17BrClNO4S. The highest BCUT2D eigenvalue weighted by molar-refractivity contribution is 9.10. The lowest BCUT2D eigenvalue weighted by Crippen LogP contribution is -2.37. The third-order valence-corrected chi connectivity index (χ3v) is 6.75. The van der Waals surface area contributed by atoms with Crippen LogP contribution in [0.3, 0.4) is 0 Å². The van der Waals surface area contributed by atoms with Crippen molar-refractivity contribution in [3.8, 4) is 5.75 Å². The summed E-state index contributed by atoms with van der Waals surface area (Å²) < 4.78 is 33.5. The fraction of sp³-hybridized carbons (Fsp3) is 0.0952. The van der Waals surface area contributed by atoms with Crippen LogP contribution in [0.1, 0.15) is 15.9 Å². The smallest absolute Gasteiger partial charge is 0.272 e. The van der Waals surface area contributed by atoms with Crippen molar-refractivity contribution in [3.05, 3.63) is 87.4 Å². The van der Waals surface area contributed by atoms with E-state index in [1.54, 1.807) is 36.4 Å². The Morgan fingerprint density at radius 1 is 1.00 bits per heavy atom. The van der Waals surface area contributed by atoms with Crippen molar-refractivity contribution in [1.82, 2.24) is 0 Å². The molecule has 8 heteroatoms. The first-order valence-electron chi connectivity index (χ1n) is 8.49. The number of carbonyl (C=O) groups is 1. The quantitative estimate of drug-likeness (QED) is 0.473. The summed E-state index contributed by atoms with van der Waals surface area (Å²) in [7, 11) is -2.74. The summed E-state index contributed by atoms with van der Waals surface area (Å²) >= 11 is 9.51. The van der Waals surface area contributed by atoms with Gasteiger partial charge in [0.15, 0.2) is 0 Å². The lowest BCUT2D eigenvalue weighted by atomic mass is 10.2. The van der Waals surface area contributed by atoms with Gasteiger partial charge in [0.25, 0.3) is 15.9 Å². The number of anilines is 1. The molecule has 0 saturated heterocycles. The van der Waals surface area contributed by atoms with Gasteiger partial charge in [-0.3, -0.25) is 4.79 Å². The molecule has 0 radical (unpaired) electrons. The number of halogens is 2. The molecule has 1 amide bonds. The zero-order valence-corrected chi connectivity index (χ0v) is 18.8. The van der Waals surface area contributed by atoms with Gasteiger partial charge in [-0.05, 0) is 61.5 Å². The molecule has 150 valence electrons. The van der Waals surface area contributed by atoms with E-state index in [1.165, 1.54) is 37.4 Å². The van der Waals surface area contributed by atoms with Crippen molar-refractivity contribution < 1.29 is 17.9 Å². The summed E-state index contributed by atoms with van der Waals surface area (Å²) in [6.07, 6.45) is 0. The van der Waals surface area contributed by atoms with Crippen molar-refractivity contribution in [1.29, 1.82) is 0 Å². The number of methoxy groups -OCH3 is 1. The van der Waals surface area contributed by atoms with Crippen molar-refractivity contribution in [2.45, 2.75) is 11.8 Å². The lowest BCUT2D eigenvalue weighted by molar-refractivity contribution is 0.101. The topological polar surface area (TPSA) is 63.7 Å². The first-order valence-corrected chi connectivity index (χ1v) is 11.1. The van der Waals surface area contributed by atoms with Crippen LogP contribution in [-0.4, -0.2) is 21.4 Å². The Balaban J connectivity index is 2.18. The average Bonchev–Trinajstić information content (AvgIpc) is 2.69. The predicted octanol–water partition coefficient (Wildman–Crippen LogP) is 5.46. The van der Waals surface area contributed by atoms with E-state index in [2.05, 4.69) is 15.9 Å². The molecular weight excluding hydrogens is 478 g/mol. The van der Waals surface area contributed by atoms with E-state index in [0.29, 0.717) is 5.75 Å². The number of nitrogens with zero attached hydrogens (tertiary/aromatic N) is 1. The Bertz CT molecular complexity index is 1150. The van der Waals surface area contributed by atoms with Gasteiger partial charge in [0.2, 0.25) is 0 Å². The average molecular weight is 495 g/mol. The molecule has 5 nitrogen and oxygen atoms in total. The molecule has 0 aliphatic rings. The molecule has 0 bridgehead atoms. The minimum Gasteiger partial charge on any atom is -0.495 e. The number of amides is 1. The number of sulfonamides is 1. The van der Waals surface area contributed by atoms with E-state index in [0.717, 1.165) is 14.3 Å². The van der Waals surface area contributed by atoms with E-state index in [1.807, 2.05) is 6.92 Å². The fourth-order valence-electron chi connectivity index (χ4n) is 2.67. The van der Waals surface area contributed by atoms with Crippen LogP contribution in [0, 0.1) is 6.92 Å². The summed E-state index contributed by atoms with van der Waals surface area (Å²) in [5.41, 5.74) is 1.24. The van der Waals surface area contributed by atoms with Crippen LogP contribution in [0.15, 0.2) is 76.1 Å². The Morgan fingerprint density at radius 3 is 2.17 bits per heavy atom. The van der Waals surface area contributed by atoms with Gasteiger partial charge < -0.3 is 4.74 Å². The number of aryl methyl sites for hydroxylation is 1. The van der Waals surface area contributed by atoms with E-state index < -0.39 is 15.9 Å². The van der Waals surface area contributed by atoms with Crippen molar-refractivity contribution in [3.63, 3.8) is 0 Å². The molecule has 0 saturated carbocycles. The van der Waals surface area contributed by atoms with Gasteiger partial charge in [-0.15, -0.1) is 0 Å². The second-order valence-corrected chi connectivity index (χ2v) is 9.32. The molecule has 0 N–H and O–H groups in total. The number of ether oxygens (including phenoxy) is 1. The second-order valence-electron chi connectivity index (χ2n) is 6.21. The van der Waals surface area contributed by atoms with E-state index in [9.17, 15) is 13.2 Å². The van der Waals surface area contributed by atoms with Crippen LogP contribution in [0.25, 0.3) is 0 Å². The van der Waals surface area contributed by atoms with Gasteiger partial charge in [0.05, 0.1) is 22.7 Å². The Morgan fingerprint density at radius 2 is 1.62 bits per heavy atom. The Kier molecular flexibility index (Phi) is 6.31. The molecule has 29 heavy (non-hydrogen) atoms. The lowest BCUT2D eigenvalue weighted by Gasteiger charge is -2.23. The van der Waals surface area contributed by atoms with E-state index >= 15 is 0 Å². The zero-order chi connectivity index (χ0) is 21.2. The van der Waals surface area contributed by atoms with Gasteiger partial charge in [0.1, 0.15) is 5.75 Å². The van der Waals surface area contributed by atoms with E-state index in [4.69, 9.17) is 16.3 Å². The van der Waals surface area contributed by atoms with Gasteiger partial charge in [-0.2, -0.15) is 4.31 Å². The van der Waals surface area contributed by atoms with E-state index in [-0.39, 0.29) is 21.2 Å². The third-order valence-electron chi connectivity index (χ3n) is 4.20. The molecule has 3 aromatic carbocycles. The maximum atomic E-state index is 13.4. The van der Waals surface area contributed by atoms with Crippen molar-refractivity contribution in [2.24, 2.45) is 0 Å². The molecule has 0 aromatic heterocycles. The van der Waals surface area contributed by atoms with Crippen molar-refractivity contribution in [2.75, 3.05) is 11.4 Å². The maximum absolute atomic E-state index is 13.4. The first-order chi connectivity index (χ1) is 13.7. The maximum Gasteiger partial charge on any atom is 0.272 e. The summed E-state index contributed by atoms with van der Waals surface area (Å²) in [5.74, 6) is -0.321. The molecule has 0 atom stereocenters.